The second kappa shape index (κ2) is 8.91. The molecule has 1 atom stereocenters. The molecule has 0 bridgehead atoms. The summed E-state index contributed by atoms with van der Waals surface area (Å²) in [5, 5.41) is 7.23. The topological polar surface area (TPSA) is 41.1 Å². The van der Waals surface area contributed by atoms with Crippen molar-refractivity contribution in [2.75, 3.05) is 18.4 Å². The highest BCUT2D eigenvalue weighted by atomic mass is 32.2. The second-order valence-corrected chi connectivity index (χ2v) is 8.67. The van der Waals surface area contributed by atoms with Gasteiger partial charge in [-0.1, -0.05) is 19.3 Å². The lowest BCUT2D eigenvalue weighted by Gasteiger charge is -2.21. The summed E-state index contributed by atoms with van der Waals surface area (Å²) in [5.41, 5.74) is 2.14. The Morgan fingerprint density at radius 2 is 2.08 bits per heavy atom. The van der Waals surface area contributed by atoms with E-state index in [9.17, 15) is 4.79 Å². The first kappa shape index (κ1) is 17.8. The lowest BCUT2D eigenvalue weighted by Crippen LogP contribution is -2.15. The van der Waals surface area contributed by atoms with E-state index in [0.717, 1.165) is 30.4 Å². The average Bonchev–Trinajstić information content (AvgIpc) is 3.10. The number of thioether (sulfide) groups is 1. The van der Waals surface area contributed by atoms with E-state index in [1.807, 2.05) is 11.8 Å². The van der Waals surface area contributed by atoms with Gasteiger partial charge in [0.25, 0.3) is 0 Å². The average molecular weight is 347 g/mol. The summed E-state index contributed by atoms with van der Waals surface area (Å²) in [6, 6.07) is 6.48. The van der Waals surface area contributed by atoms with Crippen molar-refractivity contribution in [3.8, 4) is 0 Å². The van der Waals surface area contributed by atoms with Gasteiger partial charge in [-0.05, 0) is 75.4 Å². The molecule has 132 valence electrons. The third kappa shape index (κ3) is 5.25. The monoisotopic (exact) mass is 346 g/mol. The van der Waals surface area contributed by atoms with Crippen molar-refractivity contribution < 1.29 is 4.79 Å². The third-order valence-corrected chi connectivity index (χ3v) is 6.60. The summed E-state index contributed by atoms with van der Waals surface area (Å²) < 4.78 is 0. The Balaban J connectivity index is 1.49. The van der Waals surface area contributed by atoms with Crippen LogP contribution in [-0.2, 0) is 4.79 Å². The zero-order chi connectivity index (χ0) is 16.8. The molecule has 1 aliphatic heterocycles. The van der Waals surface area contributed by atoms with Crippen molar-refractivity contribution in [1.82, 2.24) is 5.32 Å². The van der Waals surface area contributed by atoms with Crippen molar-refractivity contribution in [2.45, 2.75) is 68.4 Å². The van der Waals surface area contributed by atoms with Crippen molar-refractivity contribution in [2.24, 2.45) is 5.92 Å². The fourth-order valence-corrected chi connectivity index (χ4v) is 5.08. The standard InChI is InChI=1S/C20H30N2OS/c1-15-13-18(24-17-5-3-2-4-6-17)8-9-19(15)22-20(23)10-7-16-11-12-21-14-16/h8-9,13,16-17,21H,2-7,10-12,14H2,1H3,(H,22,23). The molecule has 24 heavy (non-hydrogen) atoms. The Kier molecular flexibility index (Phi) is 6.61. The summed E-state index contributed by atoms with van der Waals surface area (Å²) in [7, 11) is 0. The molecule has 0 aromatic heterocycles. The number of carbonyl (C=O) groups is 1. The van der Waals surface area contributed by atoms with Crippen LogP contribution >= 0.6 is 11.8 Å². The van der Waals surface area contributed by atoms with Gasteiger partial charge in [0.15, 0.2) is 0 Å². The van der Waals surface area contributed by atoms with Gasteiger partial charge in [0.05, 0.1) is 0 Å². The van der Waals surface area contributed by atoms with Crippen LogP contribution in [0.25, 0.3) is 0 Å². The number of rotatable bonds is 6. The Morgan fingerprint density at radius 1 is 1.25 bits per heavy atom. The largest absolute Gasteiger partial charge is 0.326 e. The first-order valence-corrected chi connectivity index (χ1v) is 10.4. The fourth-order valence-electron chi connectivity index (χ4n) is 3.73. The van der Waals surface area contributed by atoms with Gasteiger partial charge in [0.1, 0.15) is 0 Å². The summed E-state index contributed by atoms with van der Waals surface area (Å²) in [5.74, 6) is 0.823. The number of amides is 1. The molecular formula is C20H30N2OS. The molecule has 0 radical (unpaired) electrons. The van der Waals surface area contributed by atoms with Crippen LogP contribution in [0.2, 0.25) is 0 Å². The number of aryl methyl sites for hydroxylation is 1. The molecular weight excluding hydrogens is 316 g/mol. The number of nitrogens with one attached hydrogen (secondary N) is 2. The Hall–Kier alpha value is -1.00. The van der Waals surface area contributed by atoms with Gasteiger partial charge in [-0.15, -0.1) is 11.8 Å². The highest BCUT2D eigenvalue weighted by Gasteiger charge is 2.17. The fraction of sp³-hybridized carbons (Fsp3) is 0.650. The lowest BCUT2D eigenvalue weighted by atomic mass is 10.0. The summed E-state index contributed by atoms with van der Waals surface area (Å²) in [4.78, 5) is 13.5. The van der Waals surface area contributed by atoms with Crippen LogP contribution in [0.5, 0.6) is 0 Å². The van der Waals surface area contributed by atoms with Crippen LogP contribution in [0.15, 0.2) is 23.1 Å². The number of hydrogen-bond acceptors (Lipinski definition) is 3. The van der Waals surface area contributed by atoms with Crippen LogP contribution in [0.3, 0.4) is 0 Å². The summed E-state index contributed by atoms with van der Waals surface area (Å²) in [6.07, 6.45) is 9.67. The van der Waals surface area contributed by atoms with E-state index in [4.69, 9.17) is 0 Å². The van der Waals surface area contributed by atoms with E-state index >= 15 is 0 Å². The van der Waals surface area contributed by atoms with Gasteiger partial charge in [0, 0.05) is 22.3 Å². The molecule has 1 aromatic rings. The minimum absolute atomic E-state index is 0.151. The minimum atomic E-state index is 0.151. The summed E-state index contributed by atoms with van der Waals surface area (Å²) >= 11 is 2.01. The maximum absolute atomic E-state index is 12.2. The number of carbonyl (C=O) groups excluding carboxylic acids is 1. The highest BCUT2D eigenvalue weighted by Crippen LogP contribution is 2.35. The van der Waals surface area contributed by atoms with Crippen molar-refractivity contribution in [3.63, 3.8) is 0 Å². The Bertz CT molecular complexity index is 549. The maximum Gasteiger partial charge on any atom is 0.224 e. The SMILES string of the molecule is Cc1cc(SC2CCCCC2)ccc1NC(=O)CCC1CCNC1. The molecule has 3 nitrogen and oxygen atoms in total. The van der Waals surface area contributed by atoms with Gasteiger partial charge in [-0.2, -0.15) is 0 Å². The van der Waals surface area contributed by atoms with E-state index < -0.39 is 0 Å². The third-order valence-electron chi connectivity index (χ3n) is 5.27. The van der Waals surface area contributed by atoms with E-state index in [0.29, 0.717) is 12.3 Å². The van der Waals surface area contributed by atoms with E-state index in [1.54, 1.807) is 0 Å². The second-order valence-electron chi connectivity index (χ2n) is 7.30. The molecule has 2 aliphatic rings. The molecule has 3 rings (SSSR count). The molecule has 4 heteroatoms. The molecule has 2 fully saturated rings. The lowest BCUT2D eigenvalue weighted by molar-refractivity contribution is -0.116. The van der Waals surface area contributed by atoms with Crippen LogP contribution in [0.1, 0.15) is 56.9 Å². The molecule has 1 saturated heterocycles. The molecule has 1 aromatic carbocycles. The molecule has 0 spiro atoms. The predicted molar refractivity (Wildman–Crippen MR) is 103 cm³/mol. The van der Waals surface area contributed by atoms with Gasteiger partial charge < -0.3 is 10.6 Å². The van der Waals surface area contributed by atoms with Gasteiger partial charge >= 0.3 is 0 Å². The van der Waals surface area contributed by atoms with Crippen LogP contribution in [-0.4, -0.2) is 24.2 Å². The molecule has 1 heterocycles. The zero-order valence-electron chi connectivity index (χ0n) is 14.8. The van der Waals surface area contributed by atoms with Crippen molar-refractivity contribution >= 4 is 23.4 Å². The first-order chi connectivity index (χ1) is 11.7. The van der Waals surface area contributed by atoms with Gasteiger partial charge in [0.2, 0.25) is 5.91 Å². The number of benzene rings is 1. The normalized spacial score (nSPS) is 21.8. The molecule has 1 aliphatic carbocycles. The molecule has 1 amide bonds. The van der Waals surface area contributed by atoms with E-state index in [2.05, 4.69) is 35.8 Å². The zero-order valence-corrected chi connectivity index (χ0v) is 15.6. The van der Waals surface area contributed by atoms with Crippen LogP contribution in [0, 0.1) is 12.8 Å². The quantitative estimate of drug-likeness (QED) is 0.781. The molecule has 2 N–H and O–H groups in total. The Morgan fingerprint density at radius 3 is 2.79 bits per heavy atom. The Labute approximate surface area is 150 Å². The smallest absolute Gasteiger partial charge is 0.224 e. The van der Waals surface area contributed by atoms with Gasteiger partial charge in [-0.3, -0.25) is 4.79 Å². The number of hydrogen-bond donors (Lipinski definition) is 2. The van der Waals surface area contributed by atoms with E-state index in [1.165, 1.54) is 49.0 Å². The minimum Gasteiger partial charge on any atom is -0.326 e. The predicted octanol–water partition coefficient (Wildman–Crippen LogP) is 4.75. The summed E-state index contributed by atoms with van der Waals surface area (Å²) in [6.45, 7) is 4.27. The maximum atomic E-state index is 12.2. The van der Waals surface area contributed by atoms with Crippen LogP contribution in [0.4, 0.5) is 5.69 Å². The highest BCUT2D eigenvalue weighted by molar-refractivity contribution is 8.00. The number of anilines is 1. The van der Waals surface area contributed by atoms with E-state index in [-0.39, 0.29) is 5.91 Å². The first-order valence-electron chi connectivity index (χ1n) is 9.48. The molecule has 1 saturated carbocycles. The van der Waals surface area contributed by atoms with Crippen LogP contribution < -0.4 is 10.6 Å². The van der Waals surface area contributed by atoms with Crippen molar-refractivity contribution in [3.05, 3.63) is 23.8 Å². The van der Waals surface area contributed by atoms with Crippen molar-refractivity contribution in [1.29, 1.82) is 0 Å². The van der Waals surface area contributed by atoms with Gasteiger partial charge in [-0.25, -0.2) is 0 Å². The molecule has 1 unspecified atom stereocenters.